The van der Waals surface area contributed by atoms with Gasteiger partial charge < -0.3 is 25.2 Å². The molecule has 2 rings (SSSR count). The molecule has 8 nitrogen and oxygen atoms in total. The predicted octanol–water partition coefficient (Wildman–Crippen LogP) is 3.23. The van der Waals surface area contributed by atoms with Crippen LogP contribution in [0.15, 0.2) is 23.3 Å². The van der Waals surface area contributed by atoms with E-state index in [2.05, 4.69) is 20.6 Å². The third-order valence-electron chi connectivity index (χ3n) is 4.99. The van der Waals surface area contributed by atoms with E-state index in [-0.39, 0.29) is 48.0 Å². The first-order valence-electron chi connectivity index (χ1n) is 10.4. The topological polar surface area (TPSA) is 82.1 Å². The molecule has 1 aliphatic heterocycles. The van der Waals surface area contributed by atoms with E-state index >= 15 is 0 Å². The lowest BCUT2D eigenvalue weighted by atomic mass is 10.2. The van der Waals surface area contributed by atoms with E-state index < -0.39 is 5.60 Å². The Hall–Kier alpha value is -1.85. The van der Waals surface area contributed by atoms with Crippen LogP contribution in [-0.4, -0.2) is 73.4 Å². The molecule has 2 heterocycles. The van der Waals surface area contributed by atoms with Crippen molar-refractivity contribution in [2.45, 2.75) is 58.2 Å². The van der Waals surface area contributed by atoms with Crippen molar-refractivity contribution in [2.75, 3.05) is 38.6 Å². The van der Waals surface area contributed by atoms with Gasteiger partial charge in [-0.15, -0.1) is 24.0 Å². The summed E-state index contributed by atoms with van der Waals surface area (Å²) in [5, 5.41) is 6.67. The molecule has 2 atom stereocenters. The highest BCUT2D eigenvalue weighted by atomic mass is 127. The van der Waals surface area contributed by atoms with Crippen molar-refractivity contribution in [3.05, 3.63) is 24.1 Å². The van der Waals surface area contributed by atoms with Gasteiger partial charge in [0.25, 0.3) is 0 Å². The van der Waals surface area contributed by atoms with Crippen LogP contribution >= 0.6 is 24.0 Å². The van der Waals surface area contributed by atoms with E-state index in [1.807, 2.05) is 32.6 Å². The third-order valence-corrected chi connectivity index (χ3v) is 4.99. The maximum Gasteiger partial charge on any atom is 0.410 e. The van der Waals surface area contributed by atoms with Crippen LogP contribution in [-0.2, 0) is 4.74 Å². The van der Waals surface area contributed by atoms with Crippen LogP contribution in [0.5, 0.6) is 0 Å². The number of rotatable bonds is 6. The molecular weight excluding hydrogens is 514 g/mol. The van der Waals surface area contributed by atoms with E-state index in [1.165, 1.54) is 6.07 Å². The minimum absolute atomic E-state index is 0. The monoisotopic (exact) mass is 550 g/mol. The number of guanidine groups is 1. The molecule has 1 saturated heterocycles. The van der Waals surface area contributed by atoms with Gasteiger partial charge >= 0.3 is 6.09 Å². The second-order valence-electron chi connectivity index (χ2n) is 8.61. The molecule has 0 bridgehead atoms. The Morgan fingerprint density at radius 3 is 2.81 bits per heavy atom. The number of anilines is 1. The molecule has 1 amide bonds. The molecule has 0 spiro atoms. The van der Waals surface area contributed by atoms with Gasteiger partial charge in [0.1, 0.15) is 5.60 Å². The molecule has 1 fully saturated rings. The molecule has 0 aromatic carbocycles. The van der Waals surface area contributed by atoms with Crippen LogP contribution in [0.1, 0.15) is 40.5 Å². The second-order valence-corrected chi connectivity index (χ2v) is 8.61. The number of hydrogen-bond acceptors (Lipinski definition) is 5. The molecule has 0 saturated carbocycles. The Kier molecular flexibility index (Phi) is 10.7. The van der Waals surface area contributed by atoms with Gasteiger partial charge in [-0.3, -0.25) is 4.99 Å². The maximum atomic E-state index is 14.0. The van der Waals surface area contributed by atoms with Gasteiger partial charge in [-0.1, -0.05) is 0 Å². The first-order chi connectivity index (χ1) is 14.1. The normalized spacial score (nSPS) is 17.6. The Labute approximate surface area is 202 Å². The van der Waals surface area contributed by atoms with Gasteiger partial charge in [0, 0.05) is 52.0 Å². The van der Waals surface area contributed by atoms with Gasteiger partial charge in [0.15, 0.2) is 17.6 Å². The number of amides is 1. The fourth-order valence-electron chi connectivity index (χ4n) is 3.18. The number of hydrogen-bond donors (Lipinski definition) is 2. The van der Waals surface area contributed by atoms with E-state index in [4.69, 9.17) is 4.74 Å². The zero-order valence-corrected chi connectivity index (χ0v) is 21.6. The number of nitrogens with one attached hydrogen (secondary N) is 2. The molecule has 0 aliphatic carbocycles. The Bertz CT molecular complexity index is 743. The van der Waals surface area contributed by atoms with Gasteiger partial charge in [-0.2, -0.15) is 0 Å². The number of aromatic nitrogens is 1. The van der Waals surface area contributed by atoms with Crippen molar-refractivity contribution in [2.24, 2.45) is 4.99 Å². The summed E-state index contributed by atoms with van der Waals surface area (Å²) >= 11 is 0. The van der Waals surface area contributed by atoms with Gasteiger partial charge in [0.05, 0.1) is 0 Å². The standard InChI is InChI=1S/C21H35FN6O2.HI/c1-15(27(6)20(29)30-21(2,3)4)9-12-25-19(23-5)26-16-10-13-28(14-16)18-17(22)8-7-11-24-18;/h7-8,11,15-16H,9-10,12-14H2,1-6H3,(H2,23,25,26);1H. The number of ether oxygens (including phenoxy) is 1. The van der Waals surface area contributed by atoms with Crippen LogP contribution in [0, 0.1) is 5.82 Å². The van der Waals surface area contributed by atoms with Crippen molar-refractivity contribution in [3.8, 4) is 0 Å². The zero-order valence-electron chi connectivity index (χ0n) is 19.3. The molecule has 2 unspecified atom stereocenters. The van der Waals surface area contributed by atoms with Gasteiger partial charge in [-0.25, -0.2) is 14.2 Å². The fourth-order valence-corrected chi connectivity index (χ4v) is 3.18. The fraction of sp³-hybridized carbons (Fsp3) is 0.667. The molecule has 0 radical (unpaired) electrons. The lowest BCUT2D eigenvalue weighted by Gasteiger charge is -2.29. The summed E-state index contributed by atoms with van der Waals surface area (Å²) in [4.78, 5) is 24.1. The lowest BCUT2D eigenvalue weighted by Crippen LogP contribution is -2.46. The highest BCUT2D eigenvalue weighted by Crippen LogP contribution is 2.20. The molecule has 176 valence electrons. The number of pyridine rings is 1. The summed E-state index contributed by atoms with van der Waals surface area (Å²) < 4.78 is 19.4. The Morgan fingerprint density at radius 2 is 2.19 bits per heavy atom. The maximum absolute atomic E-state index is 14.0. The van der Waals surface area contributed by atoms with Crippen LogP contribution in [0.4, 0.5) is 15.0 Å². The van der Waals surface area contributed by atoms with Crippen LogP contribution in [0.3, 0.4) is 0 Å². The van der Waals surface area contributed by atoms with Crippen molar-refractivity contribution in [1.29, 1.82) is 0 Å². The van der Waals surface area contributed by atoms with E-state index in [0.717, 1.165) is 19.4 Å². The Morgan fingerprint density at radius 1 is 1.48 bits per heavy atom. The number of carbonyl (C=O) groups is 1. The third kappa shape index (κ3) is 8.66. The smallest absolute Gasteiger partial charge is 0.410 e. The van der Waals surface area contributed by atoms with E-state index in [0.29, 0.717) is 24.9 Å². The summed E-state index contributed by atoms with van der Waals surface area (Å²) in [7, 11) is 3.46. The molecular formula is C21H36FIN6O2. The van der Waals surface area contributed by atoms with Crippen LogP contribution in [0.2, 0.25) is 0 Å². The molecule has 1 aliphatic rings. The second kappa shape index (κ2) is 12.3. The van der Waals surface area contributed by atoms with Crippen LogP contribution in [0.25, 0.3) is 0 Å². The van der Waals surface area contributed by atoms with Gasteiger partial charge in [0.2, 0.25) is 0 Å². The number of carbonyl (C=O) groups excluding carboxylic acids is 1. The minimum Gasteiger partial charge on any atom is -0.444 e. The SMILES string of the molecule is CN=C(NCCC(C)N(C)C(=O)OC(C)(C)C)NC1CCN(c2ncccc2F)C1.I. The highest BCUT2D eigenvalue weighted by molar-refractivity contribution is 14.0. The average molecular weight is 550 g/mol. The first kappa shape index (κ1) is 27.2. The quantitative estimate of drug-likeness (QED) is 0.322. The summed E-state index contributed by atoms with van der Waals surface area (Å²) in [6, 6.07) is 3.19. The van der Waals surface area contributed by atoms with E-state index in [9.17, 15) is 9.18 Å². The van der Waals surface area contributed by atoms with Crippen molar-refractivity contribution >= 4 is 41.8 Å². The number of aliphatic imine (C=N–C) groups is 1. The highest BCUT2D eigenvalue weighted by Gasteiger charge is 2.26. The molecule has 1 aromatic rings. The van der Waals surface area contributed by atoms with Crippen molar-refractivity contribution in [3.63, 3.8) is 0 Å². The van der Waals surface area contributed by atoms with Gasteiger partial charge in [-0.05, 0) is 52.7 Å². The lowest BCUT2D eigenvalue weighted by molar-refractivity contribution is 0.0230. The van der Waals surface area contributed by atoms with Crippen LogP contribution < -0.4 is 15.5 Å². The molecule has 31 heavy (non-hydrogen) atoms. The summed E-state index contributed by atoms with van der Waals surface area (Å²) in [6.07, 6.45) is 2.89. The molecule has 1 aromatic heterocycles. The van der Waals surface area contributed by atoms with E-state index in [1.54, 1.807) is 31.3 Å². The van der Waals surface area contributed by atoms with Crippen molar-refractivity contribution in [1.82, 2.24) is 20.5 Å². The Balaban J connectivity index is 0.00000480. The first-order valence-corrected chi connectivity index (χ1v) is 10.4. The molecule has 2 N–H and O–H groups in total. The summed E-state index contributed by atoms with van der Waals surface area (Å²) in [5.41, 5.74) is -0.511. The molecule has 10 heteroatoms. The van der Waals surface area contributed by atoms with Crippen molar-refractivity contribution < 1.29 is 13.9 Å². The minimum atomic E-state index is -0.511. The zero-order chi connectivity index (χ0) is 22.3. The number of nitrogens with zero attached hydrogens (tertiary/aromatic N) is 4. The summed E-state index contributed by atoms with van der Waals surface area (Å²) in [6.45, 7) is 9.59. The largest absolute Gasteiger partial charge is 0.444 e. The summed E-state index contributed by atoms with van der Waals surface area (Å²) in [5.74, 6) is 0.781. The average Bonchev–Trinajstić information content (AvgIpc) is 3.13. The number of halogens is 2. The predicted molar refractivity (Wildman–Crippen MR) is 133 cm³/mol.